The Kier molecular flexibility index (Phi) is 4.15. The van der Waals surface area contributed by atoms with Gasteiger partial charge in [0.25, 0.3) is 0 Å². The smallest absolute Gasteiger partial charge is 0.199 e. The maximum Gasteiger partial charge on any atom is 0.199 e. The molecule has 0 saturated heterocycles. The summed E-state index contributed by atoms with van der Waals surface area (Å²) in [5.74, 6) is -3.17. The van der Waals surface area contributed by atoms with E-state index < -0.39 is 33.1 Å². The Morgan fingerprint density at radius 2 is 1.71 bits per heavy atom. The number of fused-ring (bicyclic) bond motifs is 3. The molecule has 1 aromatic carbocycles. The first kappa shape index (κ1) is 18.7. The minimum absolute atomic E-state index is 0.0405. The van der Waals surface area contributed by atoms with E-state index in [2.05, 4.69) is 5.10 Å². The van der Waals surface area contributed by atoms with Crippen LogP contribution >= 0.6 is 0 Å². The lowest BCUT2D eigenvalue weighted by atomic mass is 9.82. The van der Waals surface area contributed by atoms with Crippen LogP contribution in [0.1, 0.15) is 46.4 Å². The van der Waals surface area contributed by atoms with Crippen molar-refractivity contribution in [3.05, 3.63) is 34.5 Å². The molecule has 1 fully saturated rings. The summed E-state index contributed by atoms with van der Waals surface area (Å²) in [7, 11) is -2.14. The molecule has 28 heavy (non-hydrogen) atoms. The molecule has 0 bridgehead atoms. The fourth-order valence-corrected chi connectivity index (χ4v) is 6.22. The van der Waals surface area contributed by atoms with Gasteiger partial charge >= 0.3 is 0 Å². The molecule has 7 nitrogen and oxygen atoms in total. The molecule has 0 N–H and O–H groups in total. The van der Waals surface area contributed by atoms with Crippen molar-refractivity contribution in [2.45, 2.75) is 43.8 Å². The van der Waals surface area contributed by atoms with Crippen LogP contribution in [0.5, 0.6) is 0 Å². The molecule has 1 aliphatic carbocycles. The lowest BCUT2D eigenvalue weighted by Crippen LogP contribution is -2.36. The van der Waals surface area contributed by atoms with Gasteiger partial charge in [-0.15, -0.1) is 0 Å². The highest BCUT2D eigenvalue weighted by atomic mass is 32.2. The molecule has 2 aromatic rings. The normalized spacial score (nSPS) is 18.7. The molecule has 146 valence electrons. The van der Waals surface area contributed by atoms with Gasteiger partial charge in [0.1, 0.15) is 11.6 Å². The lowest BCUT2D eigenvalue weighted by molar-refractivity contribution is -0.133. The molecule has 2 heterocycles. The summed E-state index contributed by atoms with van der Waals surface area (Å²) >= 11 is 0. The Morgan fingerprint density at radius 3 is 2.36 bits per heavy atom. The largest absolute Gasteiger partial charge is 0.298 e. The predicted molar refractivity (Wildman–Crippen MR) is 101 cm³/mol. The topological polar surface area (TPSA) is 103 Å². The van der Waals surface area contributed by atoms with E-state index in [1.54, 1.807) is 27.0 Å². The van der Waals surface area contributed by atoms with Crippen LogP contribution in [-0.2, 0) is 32.2 Å². The first-order valence-corrected chi connectivity index (χ1v) is 10.8. The number of aryl methyl sites for hydroxylation is 3. The van der Waals surface area contributed by atoms with E-state index in [1.165, 1.54) is 4.68 Å². The number of hydrogen-bond donors (Lipinski definition) is 0. The van der Waals surface area contributed by atoms with Gasteiger partial charge in [0, 0.05) is 31.0 Å². The molecule has 4 rings (SSSR count). The molecule has 1 saturated carbocycles. The van der Waals surface area contributed by atoms with Crippen molar-refractivity contribution < 1.29 is 22.8 Å². The number of benzene rings is 1. The number of nitrogens with zero attached hydrogens (tertiary/aromatic N) is 2. The molecular formula is C20H20N2O5S. The average Bonchev–Trinajstić information content (AvgIpc) is 2.91. The van der Waals surface area contributed by atoms with Gasteiger partial charge in [0.05, 0.1) is 16.3 Å². The highest BCUT2D eigenvalue weighted by Crippen LogP contribution is 2.42. The first-order chi connectivity index (χ1) is 13.1. The zero-order valence-corrected chi connectivity index (χ0v) is 16.7. The Hall–Kier alpha value is -2.61. The van der Waals surface area contributed by atoms with E-state index in [-0.39, 0.29) is 34.7 Å². The van der Waals surface area contributed by atoms with Gasteiger partial charge in [0.15, 0.2) is 27.2 Å². The van der Waals surface area contributed by atoms with Crippen LogP contribution in [0, 0.1) is 19.8 Å². The van der Waals surface area contributed by atoms with Gasteiger partial charge in [-0.3, -0.25) is 19.1 Å². The third kappa shape index (κ3) is 2.58. The number of rotatable bonds is 2. The zero-order chi connectivity index (χ0) is 20.4. The number of carbonyl (C=O) groups excluding carboxylic acids is 3. The number of sulfone groups is 1. The fraction of sp³-hybridized carbons (Fsp3) is 0.400. The van der Waals surface area contributed by atoms with Gasteiger partial charge in [-0.25, -0.2) is 8.42 Å². The predicted octanol–water partition coefficient (Wildman–Crippen LogP) is 2.11. The van der Waals surface area contributed by atoms with Crippen molar-refractivity contribution in [2.75, 3.05) is 0 Å². The van der Waals surface area contributed by atoms with Gasteiger partial charge in [-0.2, -0.15) is 5.10 Å². The molecule has 0 atom stereocenters. The molecule has 1 aromatic heterocycles. The molecule has 1 aliphatic heterocycles. The summed E-state index contributed by atoms with van der Waals surface area (Å²) in [5.41, 5.74) is 2.62. The van der Waals surface area contributed by atoms with E-state index in [9.17, 15) is 22.8 Å². The highest BCUT2D eigenvalue weighted by Gasteiger charge is 2.42. The van der Waals surface area contributed by atoms with E-state index in [1.807, 2.05) is 6.07 Å². The van der Waals surface area contributed by atoms with Gasteiger partial charge in [-0.05, 0) is 31.4 Å². The summed E-state index contributed by atoms with van der Waals surface area (Å²) < 4.78 is 27.3. The van der Waals surface area contributed by atoms with Crippen LogP contribution in [0.3, 0.4) is 0 Å². The minimum Gasteiger partial charge on any atom is -0.298 e. The molecule has 8 heteroatoms. The van der Waals surface area contributed by atoms with Crippen molar-refractivity contribution in [2.24, 2.45) is 13.0 Å². The zero-order valence-electron chi connectivity index (χ0n) is 15.9. The van der Waals surface area contributed by atoms with Crippen LogP contribution in [0.25, 0.3) is 11.3 Å². The highest BCUT2D eigenvalue weighted by molar-refractivity contribution is 7.91. The van der Waals surface area contributed by atoms with E-state index in [0.29, 0.717) is 23.2 Å². The summed E-state index contributed by atoms with van der Waals surface area (Å²) in [6.45, 7) is 3.53. The third-order valence-electron chi connectivity index (χ3n) is 5.58. The standard InChI is InChI=1S/C20H20N2O5S/c1-10-7-8-11(2)20-15(10)17-12(9-28(20,26)27)18(22(3)21-17)19(25)16-13(23)5-4-6-14(16)24/h7-8,16H,4-6,9H2,1-3H3. The number of hydrogen-bond acceptors (Lipinski definition) is 6. The number of ketones is 3. The maximum atomic E-state index is 13.2. The second-order valence-corrected chi connectivity index (χ2v) is 9.47. The fourth-order valence-electron chi connectivity index (χ4n) is 4.29. The summed E-state index contributed by atoms with van der Waals surface area (Å²) in [6.07, 6.45) is 0.814. The van der Waals surface area contributed by atoms with Crippen LogP contribution < -0.4 is 0 Å². The summed E-state index contributed by atoms with van der Waals surface area (Å²) in [6, 6.07) is 3.58. The summed E-state index contributed by atoms with van der Waals surface area (Å²) in [5, 5.41) is 4.43. The van der Waals surface area contributed by atoms with Gasteiger partial charge in [-0.1, -0.05) is 12.1 Å². The number of Topliss-reactive ketones (excluding diaryl/α,β-unsaturated/α-hetero) is 3. The first-order valence-electron chi connectivity index (χ1n) is 9.12. The lowest BCUT2D eigenvalue weighted by Gasteiger charge is -2.22. The van der Waals surface area contributed by atoms with E-state index in [0.717, 1.165) is 5.56 Å². The quantitative estimate of drug-likeness (QED) is 0.565. The van der Waals surface area contributed by atoms with E-state index >= 15 is 0 Å². The van der Waals surface area contributed by atoms with Gasteiger partial charge < -0.3 is 0 Å². The Labute approximate surface area is 162 Å². The maximum absolute atomic E-state index is 13.2. The van der Waals surface area contributed by atoms with E-state index in [4.69, 9.17) is 0 Å². The number of aromatic nitrogens is 2. The SMILES string of the molecule is Cc1ccc(C)c2c1-c1nn(C)c(C(=O)C3C(=O)CCCC3=O)c1CS2(=O)=O. The second kappa shape index (κ2) is 6.20. The van der Waals surface area contributed by atoms with Gasteiger partial charge in [0.2, 0.25) is 0 Å². The van der Waals surface area contributed by atoms with Crippen LogP contribution in [0.2, 0.25) is 0 Å². The molecule has 0 amide bonds. The van der Waals surface area contributed by atoms with Crippen LogP contribution in [0.4, 0.5) is 0 Å². The monoisotopic (exact) mass is 400 g/mol. The minimum atomic E-state index is -3.68. The summed E-state index contributed by atoms with van der Waals surface area (Å²) in [4.78, 5) is 37.9. The van der Waals surface area contributed by atoms with Crippen molar-refractivity contribution in [1.82, 2.24) is 9.78 Å². The second-order valence-electron chi connectivity index (χ2n) is 7.55. The number of carbonyl (C=O) groups is 3. The molecule has 0 spiro atoms. The third-order valence-corrected chi connectivity index (χ3v) is 7.39. The van der Waals surface area contributed by atoms with Crippen molar-refractivity contribution in [3.63, 3.8) is 0 Å². The van der Waals surface area contributed by atoms with Crippen LogP contribution in [0.15, 0.2) is 17.0 Å². The molecular weight excluding hydrogens is 380 g/mol. The molecule has 0 unspecified atom stereocenters. The average molecular weight is 400 g/mol. The van der Waals surface area contributed by atoms with Crippen LogP contribution in [-0.4, -0.2) is 35.5 Å². The molecule has 0 radical (unpaired) electrons. The van der Waals surface area contributed by atoms with Crippen molar-refractivity contribution >= 4 is 27.2 Å². The Balaban J connectivity index is 1.96. The molecule has 2 aliphatic rings. The van der Waals surface area contributed by atoms with Crippen molar-refractivity contribution in [1.29, 1.82) is 0 Å². The van der Waals surface area contributed by atoms with Crippen molar-refractivity contribution in [3.8, 4) is 11.3 Å². The Morgan fingerprint density at radius 1 is 1.11 bits per heavy atom. The Bertz CT molecular complexity index is 1160.